The van der Waals surface area contributed by atoms with E-state index in [0.29, 0.717) is 26.1 Å². The molecule has 1 aromatic heterocycles. The van der Waals surface area contributed by atoms with E-state index in [9.17, 15) is 15.2 Å². The Bertz CT molecular complexity index is 518. The summed E-state index contributed by atoms with van der Waals surface area (Å²) < 4.78 is 5.23. The van der Waals surface area contributed by atoms with Crippen LogP contribution in [0, 0.1) is 10.1 Å². The van der Waals surface area contributed by atoms with Crippen LogP contribution >= 0.6 is 0 Å². The van der Waals surface area contributed by atoms with Gasteiger partial charge in [-0.3, -0.25) is 10.1 Å². The summed E-state index contributed by atoms with van der Waals surface area (Å²) in [5, 5.41) is 24.4. The minimum Gasteiger partial charge on any atom is -0.388 e. The Balaban J connectivity index is 2.26. The first-order valence-corrected chi connectivity index (χ1v) is 6.65. The highest BCUT2D eigenvalue weighted by Crippen LogP contribution is 2.32. The zero-order chi connectivity index (χ0) is 15.5. The van der Waals surface area contributed by atoms with Crippen molar-refractivity contribution in [3.8, 4) is 0 Å². The molecule has 9 nitrogen and oxygen atoms in total. The van der Waals surface area contributed by atoms with Gasteiger partial charge in [-0.05, 0) is 0 Å². The summed E-state index contributed by atoms with van der Waals surface area (Å²) in [7, 11) is 3.23. The molecule has 9 heteroatoms. The minimum absolute atomic E-state index is 0.149. The van der Waals surface area contributed by atoms with E-state index in [1.54, 1.807) is 19.0 Å². The van der Waals surface area contributed by atoms with Crippen molar-refractivity contribution in [2.75, 3.05) is 44.1 Å². The zero-order valence-electron chi connectivity index (χ0n) is 12.1. The fourth-order valence-corrected chi connectivity index (χ4v) is 2.43. The van der Waals surface area contributed by atoms with Crippen molar-refractivity contribution in [3.63, 3.8) is 0 Å². The van der Waals surface area contributed by atoms with Crippen LogP contribution in [-0.2, 0) is 4.74 Å². The van der Waals surface area contributed by atoms with Gasteiger partial charge in [-0.2, -0.15) is 0 Å². The highest BCUT2D eigenvalue weighted by Gasteiger charge is 2.34. The number of nitrogens with zero attached hydrogens (tertiary/aromatic N) is 4. The van der Waals surface area contributed by atoms with Gasteiger partial charge < -0.3 is 20.1 Å². The molecule has 1 saturated heterocycles. The van der Waals surface area contributed by atoms with E-state index in [4.69, 9.17) is 4.74 Å². The van der Waals surface area contributed by atoms with E-state index in [-0.39, 0.29) is 23.9 Å². The Hall–Kier alpha value is -2.00. The second-order valence-corrected chi connectivity index (χ2v) is 5.09. The van der Waals surface area contributed by atoms with E-state index < -0.39 is 10.5 Å². The third kappa shape index (κ3) is 3.37. The highest BCUT2D eigenvalue weighted by atomic mass is 16.6. The Labute approximate surface area is 122 Å². The van der Waals surface area contributed by atoms with Crippen molar-refractivity contribution in [3.05, 3.63) is 16.4 Å². The third-order valence-corrected chi connectivity index (χ3v) is 3.54. The average Bonchev–Trinajstić information content (AvgIpc) is 2.46. The van der Waals surface area contributed by atoms with Gasteiger partial charge >= 0.3 is 5.69 Å². The Morgan fingerprint density at radius 2 is 2.19 bits per heavy atom. The van der Waals surface area contributed by atoms with Gasteiger partial charge in [-0.1, -0.05) is 0 Å². The summed E-state index contributed by atoms with van der Waals surface area (Å²) in [6, 6.07) is 0. The molecule has 2 N–H and O–H groups in total. The topological polar surface area (TPSA) is 114 Å². The molecule has 116 valence electrons. The summed E-state index contributed by atoms with van der Waals surface area (Å²) in [5.74, 6) is 0.329. The molecule has 0 amide bonds. The van der Waals surface area contributed by atoms with E-state index in [1.165, 1.54) is 6.33 Å². The molecule has 0 aromatic carbocycles. The SMILES string of the molecule is CNc1ncnc(N(C)CC2(O)CCOCC2)c1[N+](=O)[O-]. The Kier molecular flexibility index (Phi) is 4.53. The van der Waals surface area contributed by atoms with Gasteiger partial charge in [0, 0.05) is 46.7 Å². The average molecular weight is 297 g/mol. The summed E-state index contributed by atoms with van der Waals surface area (Å²) in [4.78, 5) is 20.2. The van der Waals surface area contributed by atoms with Crippen LogP contribution in [0.15, 0.2) is 6.33 Å². The van der Waals surface area contributed by atoms with Crippen molar-refractivity contribution in [1.29, 1.82) is 0 Å². The molecular formula is C12H19N5O4. The molecule has 0 atom stereocenters. The largest absolute Gasteiger partial charge is 0.388 e. The normalized spacial score (nSPS) is 17.3. The van der Waals surface area contributed by atoms with Gasteiger partial charge in [0.05, 0.1) is 10.5 Å². The van der Waals surface area contributed by atoms with Crippen LogP contribution in [0.25, 0.3) is 0 Å². The van der Waals surface area contributed by atoms with Gasteiger partial charge in [0.2, 0.25) is 11.6 Å². The predicted molar refractivity (Wildman–Crippen MR) is 76.5 cm³/mol. The molecule has 2 heterocycles. The van der Waals surface area contributed by atoms with Crippen LogP contribution < -0.4 is 10.2 Å². The van der Waals surface area contributed by atoms with Crippen molar-refractivity contribution in [2.24, 2.45) is 0 Å². The lowest BCUT2D eigenvalue weighted by Gasteiger charge is -2.35. The maximum absolute atomic E-state index is 11.3. The van der Waals surface area contributed by atoms with Crippen LogP contribution in [-0.4, -0.2) is 59.5 Å². The van der Waals surface area contributed by atoms with Gasteiger partial charge in [-0.15, -0.1) is 0 Å². The highest BCUT2D eigenvalue weighted by molar-refractivity contribution is 5.69. The van der Waals surface area contributed by atoms with E-state index in [0.717, 1.165) is 0 Å². The van der Waals surface area contributed by atoms with E-state index >= 15 is 0 Å². The first-order chi connectivity index (χ1) is 9.97. The number of hydrogen-bond acceptors (Lipinski definition) is 8. The fraction of sp³-hybridized carbons (Fsp3) is 0.667. The smallest absolute Gasteiger partial charge is 0.353 e. The van der Waals surface area contributed by atoms with Crippen LogP contribution in [0.2, 0.25) is 0 Å². The molecule has 0 unspecified atom stereocenters. The second kappa shape index (κ2) is 6.19. The summed E-state index contributed by atoms with van der Waals surface area (Å²) >= 11 is 0. The molecule has 1 aromatic rings. The van der Waals surface area contributed by atoms with Gasteiger partial charge in [0.25, 0.3) is 0 Å². The molecule has 2 rings (SSSR count). The minimum atomic E-state index is -0.925. The standard InChI is InChI=1S/C12H19N5O4/c1-13-10-9(17(19)20)11(15-8-14-10)16(2)7-12(18)3-5-21-6-4-12/h8,18H,3-7H2,1-2H3,(H,13,14,15). The fourth-order valence-electron chi connectivity index (χ4n) is 2.43. The van der Waals surface area contributed by atoms with E-state index in [2.05, 4.69) is 15.3 Å². The third-order valence-electron chi connectivity index (χ3n) is 3.54. The Morgan fingerprint density at radius 1 is 1.52 bits per heavy atom. The zero-order valence-corrected chi connectivity index (χ0v) is 12.1. The molecule has 0 saturated carbocycles. The number of nitro groups is 1. The lowest BCUT2D eigenvalue weighted by atomic mass is 9.94. The number of anilines is 2. The molecule has 1 aliphatic heterocycles. The maximum atomic E-state index is 11.3. The molecule has 0 bridgehead atoms. The number of nitrogens with one attached hydrogen (secondary N) is 1. The summed E-state index contributed by atoms with van der Waals surface area (Å²) in [5.41, 5.74) is -1.12. The molecule has 21 heavy (non-hydrogen) atoms. The van der Waals surface area contributed by atoms with E-state index in [1.807, 2.05) is 0 Å². The first-order valence-electron chi connectivity index (χ1n) is 6.65. The van der Waals surface area contributed by atoms with Crippen molar-refractivity contribution >= 4 is 17.3 Å². The first kappa shape index (κ1) is 15.4. The van der Waals surface area contributed by atoms with Gasteiger partial charge in [0.1, 0.15) is 6.33 Å². The number of ether oxygens (including phenoxy) is 1. The predicted octanol–water partition coefficient (Wildman–Crippen LogP) is 0.404. The quantitative estimate of drug-likeness (QED) is 0.593. The molecule has 0 aliphatic carbocycles. The number of likely N-dealkylation sites (N-methyl/N-ethyl adjacent to an activating group) is 1. The molecule has 0 spiro atoms. The van der Waals surface area contributed by atoms with Crippen molar-refractivity contribution in [1.82, 2.24) is 9.97 Å². The number of rotatable bonds is 5. The number of aliphatic hydroxyl groups is 1. The second-order valence-electron chi connectivity index (χ2n) is 5.09. The Morgan fingerprint density at radius 3 is 2.76 bits per heavy atom. The molecular weight excluding hydrogens is 278 g/mol. The van der Waals surface area contributed by atoms with Gasteiger partial charge in [-0.25, -0.2) is 9.97 Å². The van der Waals surface area contributed by atoms with Crippen LogP contribution in [0.3, 0.4) is 0 Å². The van der Waals surface area contributed by atoms with Gasteiger partial charge in [0.15, 0.2) is 0 Å². The summed E-state index contributed by atoms with van der Waals surface area (Å²) in [6.45, 7) is 1.22. The summed E-state index contributed by atoms with van der Waals surface area (Å²) in [6.07, 6.45) is 2.25. The number of aromatic nitrogens is 2. The molecule has 0 radical (unpaired) electrons. The lowest BCUT2D eigenvalue weighted by Crippen LogP contribution is -2.46. The van der Waals surface area contributed by atoms with Crippen LogP contribution in [0.1, 0.15) is 12.8 Å². The maximum Gasteiger partial charge on any atom is 0.353 e. The van der Waals surface area contributed by atoms with Crippen molar-refractivity contribution in [2.45, 2.75) is 18.4 Å². The lowest BCUT2D eigenvalue weighted by molar-refractivity contribution is -0.383. The van der Waals surface area contributed by atoms with Crippen LogP contribution in [0.5, 0.6) is 0 Å². The van der Waals surface area contributed by atoms with Crippen molar-refractivity contribution < 1.29 is 14.8 Å². The number of hydrogen-bond donors (Lipinski definition) is 2. The monoisotopic (exact) mass is 297 g/mol. The van der Waals surface area contributed by atoms with Crippen LogP contribution in [0.4, 0.5) is 17.3 Å². The molecule has 1 fully saturated rings. The molecule has 1 aliphatic rings.